The number of piperazine rings is 1. The van der Waals surface area contributed by atoms with Crippen LogP contribution in [0.1, 0.15) is 18.4 Å². The van der Waals surface area contributed by atoms with Crippen molar-refractivity contribution in [2.45, 2.75) is 19.4 Å². The zero-order valence-electron chi connectivity index (χ0n) is 17.6. The highest BCUT2D eigenvalue weighted by Crippen LogP contribution is 2.28. The first kappa shape index (κ1) is 25.2. The molecule has 1 N–H and O–H groups in total. The number of halogens is 1. The molecule has 6 nitrogen and oxygen atoms in total. The smallest absolute Gasteiger partial charge is 0.193 e. The molecule has 0 radical (unpaired) electrons. The Bertz CT molecular complexity index is 596. The van der Waals surface area contributed by atoms with Gasteiger partial charge in [-0.05, 0) is 42.5 Å². The fraction of sp³-hybridized carbons (Fsp3) is 0.650. The van der Waals surface area contributed by atoms with Crippen molar-refractivity contribution >= 4 is 41.7 Å². The molecule has 0 amide bonds. The molecule has 0 aromatic heterocycles. The maximum Gasteiger partial charge on any atom is 0.193 e. The van der Waals surface area contributed by atoms with E-state index in [0.29, 0.717) is 0 Å². The number of nitrogens with one attached hydrogen (secondary N) is 1. The van der Waals surface area contributed by atoms with Crippen LogP contribution >= 0.6 is 35.7 Å². The largest absolute Gasteiger partial charge is 0.493 e. The number of benzene rings is 1. The standard InChI is InChI=1S/C20H34N4O2S.HI/c1-21-20(22-9-5-6-14-27-4)24-12-10-23(11-13-24)16-17-7-8-18(25-2)19(15-17)26-3;/h7-8,15H,5-6,9-14,16H2,1-4H3,(H,21,22);1H. The lowest BCUT2D eigenvalue weighted by atomic mass is 10.1. The first-order valence-electron chi connectivity index (χ1n) is 9.59. The first-order chi connectivity index (χ1) is 13.2. The molecule has 0 atom stereocenters. The number of hydrogen-bond donors (Lipinski definition) is 1. The van der Waals surface area contributed by atoms with Crippen LogP contribution in [0.15, 0.2) is 23.2 Å². The van der Waals surface area contributed by atoms with Gasteiger partial charge in [0, 0.05) is 46.3 Å². The molecule has 1 saturated heterocycles. The Morgan fingerprint density at radius 1 is 1.11 bits per heavy atom. The average molecular weight is 522 g/mol. The van der Waals surface area contributed by atoms with Gasteiger partial charge >= 0.3 is 0 Å². The van der Waals surface area contributed by atoms with E-state index in [9.17, 15) is 0 Å². The molecule has 1 aromatic carbocycles. The normalized spacial score (nSPS) is 15.1. The van der Waals surface area contributed by atoms with E-state index in [1.54, 1.807) is 14.2 Å². The number of ether oxygens (including phenoxy) is 2. The molecule has 0 bridgehead atoms. The quantitative estimate of drug-likeness (QED) is 0.233. The number of thioether (sulfide) groups is 1. The van der Waals surface area contributed by atoms with E-state index in [1.807, 2.05) is 24.9 Å². The van der Waals surface area contributed by atoms with Gasteiger partial charge in [-0.2, -0.15) is 11.8 Å². The van der Waals surface area contributed by atoms with Gasteiger partial charge in [-0.25, -0.2) is 0 Å². The molecular weight excluding hydrogens is 487 g/mol. The molecule has 28 heavy (non-hydrogen) atoms. The summed E-state index contributed by atoms with van der Waals surface area (Å²) in [6, 6.07) is 6.16. The van der Waals surface area contributed by atoms with Crippen LogP contribution in [0.4, 0.5) is 0 Å². The summed E-state index contributed by atoms with van der Waals surface area (Å²) in [6.07, 6.45) is 4.61. The Balaban J connectivity index is 0.00000392. The molecule has 1 fully saturated rings. The van der Waals surface area contributed by atoms with Crippen molar-refractivity contribution in [3.63, 3.8) is 0 Å². The predicted molar refractivity (Wildman–Crippen MR) is 131 cm³/mol. The zero-order valence-corrected chi connectivity index (χ0v) is 20.7. The van der Waals surface area contributed by atoms with Crippen molar-refractivity contribution in [3.8, 4) is 11.5 Å². The minimum absolute atomic E-state index is 0. The molecule has 0 unspecified atom stereocenters. The lowest BCUT2D eigenvalue weighted by Gasteiger charge is -2.36. The van der Waals surface area contributed by atoms with E-state index in [-0.39, 0.29) is 24.0 Å². The summed E-state index contributed by atoms with van der Waals surface area (Å²) in [6.45, 7) is 5.98. The van der Waals surface area contributed by atoms with Gasteiger partial charge in [-0.1, -0.05) is 6.07 Å². The number of aliphatic imine (C=N–C) groups is 1. The summed E-state index contributed by atoms with van der Waals surface area (Å²) >= 11 is 1.91. The number of hydrogen-bond acceptors (Lipinski definition) is 5. The highest BCUT2D eigenvalue weighted by molar-refractivity contribution is 14.0. The molecule has 0 aliphatic carbocycles. The monoisotopic (exact) mass is 522 g/mol. The lowest BCUT2D eigenvalue weighted by molar-refractivity contribution is 0.172. The van der Waals surface area contributed by atoms with Crippen LogP contribution in [0.2, 0.25) is 0 Å². The average Bonchev–Trinajstić information content (AvgIpc) is 2.71. The number of guanidine groups is 1. The van der Waals surface area contributed by atoms with Crippen LogP contribution < -0.4 is 14.8 Å². The third kappa shape index (κ3) is 7.87. The van der Waals surface area contributed by atoms with Crippen molar-refractivity contribution < 1.29 is 9.47 Å². The molecule has 1 aliphatic rings. The van der Waals surface area contributed by atoms with Crippen LogP contribution in [0.3, 0.4) is 0 Å². The predicted octanol–water partition coefficient (Wildman–Crippen LogP) is 3.16. The highest BCUT2D eigenvalue weighted by atomic mass is 127. The third-order valence-electron chi connectivity index (χ3n) is 4.80. The Labute approximate surface area is 191 Å². The van der Waals surface area contributed by atoms with Crippen molar-refractivity contribution in [2.24, 2.45) is 4.99 Å². The Hall–Kier alpha value is -0.870. The van der Waals surface area contributed by atoms with E-state index >= 15 is 0 Å². The molecule has 0 spiro atoms. The van der Waals surface area contributed by atoms with Crippen molar-refractivity contribution in [1.29, 1.82) is 0 Å². The second-order valence-corrected chi connectivity index (χ2v) is 7.61. The van der Waals surface area contributed by atoms with E-state index in [4.69, 9.17) is 9.47 Å². The minimum Gasteiger partial charge on any atom is -0.493 e. The second kappa shape index (κ2) is 14.2. The SMILES string of the molecule is CN=C(NCCCCSC)N1CCN(Cc2ccc(OC)c(OC)c2)CC1.I. The molecule has 8 heteroatoms. The number of nitrogens with zero attached hydrogens (tertiary/aromatic N) is 3. The van der Waals surface area contributed by atoms with Crippen LogP contribution in [0.25, 0.3) is 0 Å². The molecule has 0 saturated carbocycles. The van der Waals surface area contributed by atoms with Gasteiger partial charge in [-0.3, -0.25) is 9.89 Å². The number of rotatable bonds is 9. The number of methoxy groups -OCH3 is 2. The maximum atomic E-state index is 5.41. The Kier molecular flexibility index (Phi) is 12.7. The van der Waals surface area contributed by atoms with Gasteiger partial charge in [0.2, 0.25) is 0 Å². The van der Waals surface area contributed by atoms with Crippen LogP contribution in [-0.4, -0.2) is 81.8 Å². The summed E-state index contributed by atoms with van der Waals surface area (Å²) < 4.78 is 10.7. The summed E-state index contributed by atoms with van der Waals surface area (Å²) in [5.74, 6) is 3.83. The molecule has 1 aromatic rings. The van der Waals surface area contributed by atoms with Gasteiger partial charge < -0.3 is 19.7 Å². The highest BCUT2D eigenvalue weighted by Gasteiger charge is 2.19. The van der Waals surface area contributed by atoms with Gasteiger partial charge in [-0.15, -0.1) is 24.0 Å². The van der Waals surface area contributed by atoms with E-state index in [0.717, 1.165) is 56.7 Å². The summed E-state index contributed by atoms with van der Waals surface area (Å²) in [7, 11) is 5.22. The first-order valence-corrected chi connectivity index (χ1v) is 11.0. The topological polar surface area (TPSA) is 49.3 Å². The molecule has 1 heterocycles. The lowest BCUT2D eigenvalue weighted by Crippen LogP contribution is -2.52. The van der Waals surface area contributed by atoms with Gasteiger partial charge in [0.25, 0.3) is 0 Å². The van der Waals surface area contributed by atoms with Gasteiger partial charge in [0.05, 0.1) is 14.2 Å². The van der Waals surface area contributed by atoms with E-state index < -0.39 is 0 Å². The zero-order chi connectivity index (χ0) is 19.5. The van der Waals surface area contributed by atoms with Crippen LogP contribution in [-0.2, 0) is 6.54 Å². The van der Waals surface area contributed by atoms with Crippen LogP contribution in [0.5, 0.6) is 11.5 Å². The fourth-order valence-corrected chi connectivity index (χ4v) is 3.75. The summed E-state index contributed by atoms with van der Waals surface area (Å²) in [5, 5.41) is 3.51. The summed E-state index contributed by atoms with van der Waals surface area (Å²) in [4.78, 5) is 9.29. The van der Waals surface area contributed by atoms with Crippen molar-refractivity contribution in [1.82, 2.24) is 15.1 Å². The van der Waals surface area contributed by atoms with E-state index in [2.05, 4.69) is 38.5 Å². The molecule has 2 rings (SSSR count). The van der Waals surface area contributed by atoms with Crippen molar-refractivity contribution in [3.05, 3.63) is 23.8 Å². The molecular formula is C20H35IN4O2S. The Morgan fingerprint density at radius 3 is 2.43 bits per heavy atom. The van der Waals surface area contributed by atoms with E-state index in [1.165, 1.54) is 24.2 Å². The maximum absolute atomic E-state index is 5.41. The number of unbranched alkanes of at least 4 members (excludes halogenated alkanes) is 1. The third-order valence-corrected chi connectivity index (χ3v) is 5.49. The Morgan fingerprint density at radius 2 is 1.82 bits per heavy atom. The van der Waals surface area contributed by atoms with Gasteiger partial charge in [0.15, 0.2) is 17.5 Å². The fourth-order valence-electron chi connectivity index (χ4n) is 3.26. The van der Waals surface area contributed by atoms with Gasteiger partial charge in [0.1, 0.15) is 0 Å². The molecule has 160 valence electrons. The van der Waals surface area contributed by atoms with Crippen LogP contribution in [0, 0.1) is 0 Å². The van der Waals surface area contributed by atoms with Crippen molar-refractivity contribution in [2.75, 3.05) is 66.0 Å². The summed E-state index contributed by atoms with van der Waals surface area (Å²) in [5.41, 5.74) is 1.25. The second-order valence-electron chi connectivity index (χ2n) is 6.63. The molecule has 1 aliphatic heterocycles. The minimum atomic E-state index is 0.